The van der Waals surface area contributed by atoms with Gasteiger partial charge in [-0.05, 0) is 42.8 Å². The summed E-state index contributed by atoms with van der Waals surface area (Å²) in [6.07, 6.45) is 1.04. The molecule has 0 spiro atoms. The minimum absolute atomic E-state index is 0.311. The van der Waals surface area contributed by atoms with Gasteiger partial charge < -0.3 is 15.1 Å². The van der Waals surface area contributed by atoms with Crippen molar-refractivity contribution in [3.05, 3.63) is 76.6 Å². The minimum atomic E-state index is -0.311. The molecule has 3 aromatic rings. The quantitative estimate of drug-likeness (QED) is 0.519. The molecular formula is C19H20N2O2. The second-order valence-corrected chi connectivity index (χ2v) is 5.45. The Kier molecular flexibility index (Phi) is 5.06. The Morgan fingerprint density at radius 3 is 2.61 bits per heavy atom. The highest BCUT2D eigenvalue weighted by molar-refractivity contribution is 5.76. The smallest absolute Gasteiger partial charge is 0.336 e. The van der Waals surface area contributed by atoms with Crippen LogP contribution in [0.1, 0.15) is 12.0 Å². The number of fused-ring (bicyclic) bond motifs is 1. The Balaban J connectivity index is 1.43. The number of hydrogen-bond donors (Lipinski definition) is 2. The van der Waals surface area contributed by atoms with Gasteiger partial charge in [0.05, 0.1) is 0 Å². The Bertz CT molecular complexity index is 812. The Morgan fingerprint density at radius 2 is 1.74 bits per heavy atom. The van der Waals surface area contributed by atoms with E-state index in [0.717, 1.165) is 42.7 Å². The normalized spacial score (nSPS) is 10.8. The third kappa shape index (κ3) is 4.44. The molecule has 23 heavy (non-hydrogen) atoms. The average molecular weight is 308 g/mol. The Hall–Kier alpha value is -2.59. The zero-order chi connectivity index (χ0) is 15.9. The summed E-state index contributed by atoms with van der Waals surface area (Å²) in [6, 6.07) is 19.4. The molecule has 4 nitrogen and oxygen atoms in total. The summed E-state index contributed by atoms with van der Waals surface area (Å²) in [5.74, 6) is 0. The highest BCUT2D eigenvalue weighted by Gasteiger charge is 1.99. The molecule has 0 aliphatic heterocycles. The fourth-order valence-corrected chi connectivity index (χ4v) is 2.45. The highest BCUT2D eigenvalue weighted by Crippen LogP contribution is 2.13. The molecule has 3 rings (SSSR count). The van der Waals surface area contributed by atoms with E-state index in [-0.39, 0.29) is 5.63 Å². The number of hydrogen-bond acceptors (Lipinski definition) is 4. The van der Waals surface area contributed by atoms with Gasteiger partial charge >= 0.3 is 5.63 Å². The first-order chi connectivity index (χ1) is 11.3. The van der Waals surface area contributed by atoms with Gasteiger partial charge in [-0.1, -0.05) is 30.3 Å². The second-order valence-electron chi connectivity index (χ2n) is 5.45. The third-order valence-electron chi connectivity index (χ3n) is 3.65. The second kappa shape index (κ2) is 7.61. The summed E-state index contributed by atoms with van der Waals surface area (Å²) in [4.78, 5) is 11.3. The molecule has 4 heteroatoms. The van der Waals surface area contributed by atoms with Gasteiger partial charge in [0.2, 0.25) is 0 Å². The topological polar surface area (TPSA) is 54.3 Å². The van der Waals surface area contributed by atoms with Crippen LogP contribution in [0.15, 0.2) is 69.9 Å². The number of nitrogens with one attached hydrogen (secondary N) is 2. The molecular weight excluding hydrogens is 288 g/mol. The maximum Gasteiger partial charge on any atom is 0.336 e. The van der Waals surface area contributed by atoms with E-state index in [2.05, 4.69) is 28.8 Å². The third-order valence-corrected chi connectivity index (χ3v) is 3.65. The summed E-state index contributed by atoms with van der Waals surface area (Å²) in [5.41, 5.74) is 2.59. The molecule has 0 bridgehead atoms. The van der Waals surface area contributed by atoms with E-state index in [4.69, 9.17) is 4.42 Å². The van der Waals surface area contributed by atoms with Crippen molar-refractivity contribution in [2.75, 3.05) is 18.4 Å². The molecule has 0 saturated heterocycles. The molecule has 0 aliphatic carbocycles. The summed E-state index contributed by atoms with van der Waals surface area (Å²) >= 11 is 0. The van der Waals surface area contributed by atoms with E-state index in [1.807, 2.05) is 30.3 Å². The van der Waals surface area contributed by atoms with Gasteiger partial charge in [0, 0.05) is 30.2 Å². The van der Waals surface area contributed by atoms with Crippen molar-refractivity contribution in [1.29, 1.82) is 0 Å². The van der Waals surface area contributed by atoms with Crippen LogP contribution in [0.3, 0.4) is 0 Å². The largest absolute Gasteiger partial charge is 0.423 e. The molecule has 2 N–H and O–H groups in total. The van der Waals surface area contributed by atoms with Gasteiger partial charge in [-0.15, -0.1) is 0 Å². The lowest BCUT2D eigenvalue weighted by Gasteiger charge is -2.08. The van der Waals surface area contributed by atoms with E-state index in [0.29, 0.717) is 5.58 Å². The van der Waals surface area contributed by atoms with Gasteiger partial charge in [-0.25, -0.2) is 4.79 Å². The lowest BCUT2D eigenvalue weighted by atomic mass is 10.1. The van der Waals surface area contributed by atoms with Crippen LogP contribution in [-0.2, 0) is 6.54 Å². The van der Waals surface area contributed by atoms with Crippen LogP contribution in [0.25, 0.3) is 11.0 Å². The monoisotopic (exact) mass is 308 g/mol. The van der Waals surface area contributed by atoms with Crippen molar-refractivity contribution >= 4 is 16.7 Å². The van der Waals surface area contributed by atoms with E-state index >= 15 is 0 Å². The molecule has 0 fully saturated rings. The number of rotatable bonds is 7. The molecule has 0 unspecified atom stereocenters. The van der Waals surface area contributed by atoms with Crippen molar-refractivity contribution in [1.82, 2.24) is 5.32 Å². The SMILES string of the molecule is O=c1ccc2ccc(CNCCCNc3ccccc3)cc2o1. The summed E-state index contributed by atoms with van der Waals surface area (Å²) in [6.45, 7) is 2.63. The van der Waals surface area contributed by atoms with E-state index in [1.54, 1.807) is 6.07 Å². The number of para-hydroxylation sites is 1. The maximum atomic E-state index is 11.3. The molecule has 0 saturated carbocycles. The Morgan fingerprint density at radius 1 is 0.913 bits per heavy atom. The van der Waals surface area contributed by atoms with Crippen LogP contribution < -0.4 is 16.3 Å². The van der Waals surface area contributed by atoms with Crippen LogP contribution in [0.2, 0.25) is 0 Å². The van der Waals surface area contributed by atoms with E-state index in [9.17, 15) is 4.79 Å². The maximum absolute atomic E-state index is 11.3. The lowest BCUT2D eigenvalue weighted by Crippen LogP contribution is -2.17. The zero-order valence-corrected chi connectivity index (χ0v) is 12.9. The summed E-state index contributed by atoms with van der Waals surface area (Å²) in [5, 5.41) is 7.74. The fourth-order valence-electron chi connectivity index (χ4n) is 2.45. The molecule has 1 heterocycles. The van der Waals surface area contributed by atoms with E-state index in [1.165, 1.54) is 6.07 Å². The standard InChI is InChI=1S/C19H20N2O2/c22-19-10-9-16-8-7-15(13-18(16)23-19)14-20-11-4-12-21-17-5-2-1-3-6-17/h1-3,5-10,13,20-21H,4,11-12,14H2. The molecule has 2 aromatic carbocycles. The average Bonchev–Trinajstić information content (AvgIpc) is 2.58. The first-order valence-corrected chi connectivity index (χ1v) is 7.84. The van der Waals surface area contributed by atoms with Gasteiger partial charge in [0.25, 0.3) is 0 Å². The minimum Gasteiger partial charge on any atom is -0.423 e. The van der Waals surface area contributed by atoms with Crippen molar-refractivity contribution < 1.29 is 4.42 Å². The lowest BCUT2D eigenvalue weighted by molar-refractivity contribution is 0.560. The molecule has 0 amide bonds. The first kappa shape index (κ1) is 15.3. The van der Waals surface area contributed by atoms with Crippen LogP contribution in [0.4, 0.5) is 5.69 Å². The molecule has 0 aliphatic rings. The first-order valence-electron chi connectivity index (χ1n) is 7.84. The van der Waals surface area contributed by atoms with E-state index < -0.39 is 0 Å². The van der Waals surface area contributed by atoms with Crippen LogP contribution in [0.5, 0.6) is 0 Å². The van der Waals surface area contributed by atoms with Crippen molar-refractivity contribution in [3.63, 3.8) is 0 Å². The summed E-state index contributed by atoms with van der Waals surface area (Å²) in [7, 11) is 0. The van der Waals surface area contributed by atoms with Crippen molar-refractivity contribution in [3.8, 4) is 0 Å². The van der Waals surface area contributed by atoms with Gasteiger partial charge in [-0.2, -0.15) is 0 Å². The zero-order valence-electron chi connectivity index (χ0n) is 12.9. The Labute approximate surface area is 135 Å². The van der Waals surface area contributed by atoms with Gasteiger partial charge in [0.1, 0.15) is 5.58 Å². The van der Waals surface area contributed by atoms with Gasteiger partial charge in [0.15, 0.2) is 0 Å². The molecule has 118 valence electrons. The fraction of sp³-hybridized carbons (Fsp3) is 0.211. The van der Waals surface area contributed by atoms with Crippen molar-refractivity contribution in [2.45, 2.75) is 13.0 Å². The summed E-state index contributed by atoms with van der Waals surface area (Å²) < 4.78 is 5.20. The number of anilines is 1. The highest BCUT2D eigenvalue weighted by atomic mass is 16.4. The predicted molar refractivity (Wildman–Crippen MR) is 93.7 cm³/mol. The van der Waals surface area contributed by atoms with Crippen LogP contribution in [0, 0.1) is 0 Å². The number of benzene rings is 2. The van der Waals surface area contributed by atoms with Crippen LogP contribution in [-0.4, -0.2) is 13.1 Å². The molecule has 0 atom stereocenters. The molecule has 0 radical (unpaired) electrons. The van der Waals surface area contributed by atoms with Crippen molar-refractivity contribution in [2.24, 2.45) is 0 Å². The predicted octanol–water partition coefficient (Wildman–Crippen LogP) is 3.38. The molecule has 1 aromatic heterocycles. The van der Waals surface area contributed by atoms with Gasteiger partial charge in [-0.3, -0.25) is 0 Å². The van der Waals surface area contributed by atoms with Crippen LogP contribution >= 0.6 is 0 Å².